The normalized spacial score (nSPS) is 14.8. The van der Waals surface area contributed by atoms with Crippen LogP contribution in [0.1, 0.15) is 36.8 Å². The summed E-state index contributed by atoms with van der Waals surface area (Å²) in [5, 5.41) is 8.76. The highest BCUT2D eigenvalue weighted by Gasteiger charge is 2.32. The van der Waals surface area contributed by atoms with Crippen LogP contribution in [-0.4, -0.2) is 42.1 Å². The van der Waals surface area contributed by atoms with Crippen molar-refractivity contribution >= 4 is 51.9 Å². The molecule has 1 aliphatic heterocycles. The number of fused-ring (bicyclic) bond motifs is 1. The molecule has 35 heavy (non-hydrogen) atoms. The summed E-state index contributed by atoms with van der Waals surface area (Å²) in [6, 6.07) is 12.6. The molecule has 180 valence electrons. The standard InChI is InChI=1S/C25H23N3O5S2/c1-16-9-4-5-10-18(16)33-22-17(23(31)27-13-8-6-11-20(27)26-22)15-19-24(32)28(25(34)35-19)14-7-2-3-12-21(29)30/h4-6,8-11,13,15H,2-3,7,12,14H2,1H3,(H,29,30)/b19-15+. The van der Waals surface area contributed by atoms with E-state index >= 15 is 0 Å². The van der Waals surface area contributed by atoms with Gasteiger partial charge in [-0.05, 0) is 49.6 Å². The second-order valence-corrected chi connectivity index (χ2v) is 9.65. The minimum atomic E-state index is -0.836. The van der Waals surface area contributed by atoms with Crippen LogP contribution in [0.15, 0.2) is 58.4 Å². The van der Waals surface area contributed by atoms with Crippen LogP contribution in [0.4, 0.5) is 0 Å². The molecule has 0 bridgehead atoms. The summed E-state index contributed by atoms with van der Waals surface area (Å²) in [5.74, 6) is -0.465. The zero-order chi connectivity index (χ0) is 24.9. The van der Waals surface area contributed by atoms with Crippen molar-refractivity contribution in [2.24, 2.45) is 0 Å². The zero-order valence-electron chi connectivity index (χ0n) is 19.0. The van der Waals surface area contributed by atoms with Gasteiger partial charge in [0.15, 0.2) is 0 Å². The van der Waals surface area contributed by atoms with Gasteiger partial charge in [0.05, 0.1) is 4.91 Å². The molecule has 2 aromatic heterocycles. The van der Waals surface area contributed by atoms with E-state index in [1.807, 2.05) is 25.1 Å². The largest absolute Gasteiger partial charge is 0.481 e. The molecular weight excluding hydrogens is 486 g/mol. The summed E-state index contributed by atoms with van der Waals surface area (Å²) in [7, 11) is 0. The maximum Gasteiger partial charge on any atom is 0.303 e. The molecule has 1 fully saturated rings. The lowest BCUT2D eigenvalue weighted by Crippen LogP contribution is -2.29. The first-order valence-corrected chi connectivity index (χ1v) is 12.3. The molecule has 0 spiro atoms. The lowest BCUT2D eigenvalue weighted by Gasteiger charge is -2.14. The summed E-state index contributed by atoms with van der Waals surface area (Å²) >= 11 is 6.52. The van der Waals surface area contributed by atoms with Crippen molar-refractivity contribution in [3.05, 3.63) is 75.0 Å². The number of amides is 1. The number of ether oxygens (including phenoxy) is 1. The van der Waals surface area contributed by atoms with Gasteiger partial charge < -0.3 is 9.84 Å². The van der Waals surface area contributed by atoms with Gasteiger partial charge in [-0.15, -0.1) is 0 Å². The first-order valence-electron chi connectivity index (χ1n) is 11.1. The Morgan fingerprint density at radius 1 is 1.14 bits per heavy atom. The number of carboxylic acids is 1. The smallest absolute Gasteiger partial charge is 0.303 e. The van der Waals surface area contributed by atoms with Crippen molar-refractivity contribution in [2.75, 3.05) is 6.54 Å². The maximum absolute atomic E-state index is 13.4. The van der Waals surface area contributed by atoms with Crippen LogP contribution >= 0.6 is 24.0 Å². The SMILES string of the molecule is Cc1ccccc1Oc1nc2ccccn2c(=O)c1/C=C1/SC(=S)N(CCCCCC(=O)O)C1=O. The van der Waals surface area contributed by atoms with Crippen molar-refractivity contribution in [3.63, 3.8) is 0 Å². The number of aromatic nitrogens is 2. The Bertz CT molecular complexity index is 1400. The number of aliphatic carboxylic acids is 1. The number of unbranched alkanes of at least 4 members (excludes halogenated alkanes) is 2. The number of hydrogen-bond acceptors (Lipinski definition) is 7. The first-order chi connectivity index (χ1) is 16.8. The fraction of sp³-hybridized carbons (Fsp3) is 0.240. The van der Waals surface area contributed by atoms with Gasteiger partial charge in [-0.2, -0.15) is 4.98 Å². The van der Waals surface area contributed by atoms with Gasteiger partial charge in [0.25, 0.3) is 11.5 Å². The number of rotatable bonds is 9. The van der Waals surface area contributed by atoms with Gasteiger partial charge in [-0.1, -0.05) is 54.7 Å². The van der Waals surface area contributed by atoms with E-state index in [2.05, 4.69) is 4.98 Å². The Labute approximate surface area is 211 Å². The van der Waals surface area contributed by atoms with E-state index in [1.54, 1.807) is 30.5 Å². The fourth-order valence-electron chi connectivity index (χ4n) is 3.61. The summed E-state index contributed by atoms with van der Waals surface area (Å²) in [5.41, 5.74) is 1.09. The molecule has 0 unspecified atom stereocenters. The average molecular weight is 510 g/mol. The van der Waals surface area contributed by atoms with Crippen molar-refractivity contribution in [1.82, 2.24) is 14.3 Å². The summed E-state index contributed by atoms with van der Waals surface area (Å²) in [4.78, 5) is 43.5. The lowest BCUT2D eigenvalue weighted by molar-refractivity contribution is -0.137. The van der Waals surface area contributed by atoms with E-state index in [4.69, 9.17) is 22.1 Å². The maximum atomic E-state index is 13.4. The highest BCUT2D eigenvalue weighted by atomic mass is 32.2. The zero-order valence-corrected chi connectivity index (χ0v) is 20.6. The number of carbonyl (C=O) groups is 2. The molecule has 8 nitrogen and oxygen atoms in total. The molecule has 1 saturated heterocycles. The number of thioether (sulfide) groups is 1. The number of para-hydroxylation sites is 1. The van der Waals surface area contributed by atoms with Gasteiger partial charge in [-0.25, -0.2) is 0 Å². The summed E-state index contributed by atoms with van der Waals surface area (Å²) in [6.07, 6.45) is 5.05. The molecule has 1 aromatic carbocycles. The Hall–Kier alpha value is -3.50. The minimum Gasteiger partial charge on any atom is -0.481 e. The second kappa shape index (κ2) is 10.8. The van der Waals surface area contributed by atoms with Gasteiger partial charge in [0.2, 0.25) is 5.88 Å². The third-order valence-corrected chi connectivity index (χ3v) is 6.83. The second-order valence-electron chi connectivity index (χ2n) is 7.97. The van der Waals surface area contributed by atoms with Gasteiger partial charge in [-0.3, -0.25) is 23.7 Å². The Morgan fingerprint density at radius 3 is 2.69 bits per heavy atom. The predicted molar refractivity (Wildman–Crippen MR) is 139 cm³/mol. The van der Waals surface area contributed by atoms with E-state index in [-0.39, 0.29) is 29.3 Å². The minimum absolute atomic E-state index is 0.0981. The van der Waals surface area contributed by atoms with Crippen LogP contribution in [0.3, 0.4) is 0 Å². The van der Waals surface area contributed by atoms with Crippen LogP contribution in [0.2, 0.25) is 0 Å². The van der Waals surface area contributed by atoms with E-state index in [0.29, 0.717) is 46.4 Å². The van der Waals surface area contributed by atoms with E-state index in [0.717, 1.165) is 17.3 Å². The monoisotopic (exact) mass is 509 g/mol. The number of nitrogens with zero attached hydrogens (tertiary/aromatic N) is 3. The highest BCUT2D eigenvalue weighted by molar-refractivity contribution is 8.26. The number of carboxylic acid groups (broad SMARTS) is 1. The molecule has 0 aliphatic carbocycles. The third kappa shape index (κ3) is 5.60. The number of pyridine rings is 1. The van der Waals surface area contributed by atoms with Crippen LogP contribution in [0.5, 0.6) is 11.6 Å². The number of benzene rings is 1. The van der Waals surface area contributed by atoms with Crippen molar-refractivity contribution < 1.29 is 19.4 Å². The average Bonchev–Trinajstić information content (AvgIpc) is 3.10. The lowest BCUT2D eigenvalue weighted by atomic mass is 10.2. The van der Waals surface area contributed by atoms with Crippen molar-refractivity contribution in [3.8, 4) is 11.6 Å². The number of thiocarbonyl (C=S) groups is 1. The van der Waals surface area contributed by atoms with Gasteiger partial charge in [0.1, 0.15) is 21.3 Å². The van der Waals surface area contributed by atoms with E-state index in [1.165, 1.54) is 15.4 Å². The molecular formula is C25H23N3O5S2. The summed E-state index contributed by atoms with van der Waals surface area (Å²) in [6.45, 7) is 2.29. The molecule has 1 aliphatic rings. The van der Waals surface area contributed by atoms with Crippen LogP contribution in [0, 0.1) is 6.92 Å². The Kier molecular flexibility index (Phi) is 7.62. The number of hydrogen-bond donors (Lipinski definition) is 1. The predicted octanol–water partition coefficient (Wildman–Crippen LogP) is 4.64. The molecule has 10 heteroatoms. The van der Waals surface area contributed by atoms with Crippen molar-refractivity contribution in [2.45, 2.75) is 32.6 Å². The number of aryl methyl sites for hydroxylation is 1. The number of carbonyl (C=O) groups excluding carboxylic acids is 1. The van der Waals surface area contributed by atoms with Gasteiger partial charge in [0, 0.05) is 19.2 Å². The topological polar surface area (TPSA) is 101 Å². The van der Waals surface area contributed by atoms with Crippen molar-refractivity contribution in [1.29, 1.82) is 0 Å². The molecule has 4 rings (SSSR count). The quantitative estimate of drug-likeness (QED) is 0.253. The molecule has 0 saturated carbocycles. The van der Waals surface area contributed by atoms with Crippen LogP contribution in [-0.2, 0) is 9.59 Å². The molecule has 1 N–H and O–H groups in total. The van der Waals surface area contributed by atoms with Crippen LogP contribution < -0.4 is 10.3 Å². The van der Waals surface area contributed by atoms with E-state index < -0.39 is 5.97 Å². The van der Waals surface area contributed by atoms with Crippen LogP contribution in [0.25, 0.3) is 11.7 Å². The molecule has 3 aromatic rings. The molecule has 0 atom stereocenters. The van der Waals surface area contributed by atoms with Gasteiger partial charge >= 0.3 is 5.97 Å². The molecule has 1 amide bonds. The third-order valence-electron chi connectivity index (χ3n) is 5.46. The Morgan fingerprint density at radius 2 is 1.91 bits per heavy atom. The molecule has 0 radical (unpaired) electrons. The first kappa shape index (κ1) is 24.6. The Balaban J connectivity index is 1.65. The fourth-order valence-corrected chi connectivity index (χ4v) is 4.90. The summed E-state index contributed by atoms with van der Waals surface area (Å²) < 4.78 is 7.86. The molecule has 3 heterocycles. The highest BCUT2D eigenvalue weighted by Crippen LogP contribution is 2.34. The van der Waals surface area contributed by atoms with E-state index in [9.17, 15) is 14.4 Å².